The third-order valence-electron chi connectivity index (χ3n) is 11.3. The lowest BCUT2D eigenvalue weighted by molar-refractivity contribution is -0.198. The molecule has 0 aliphatic carbocycles. The van der Waals surface area contributed by atoms with Crippen molar-refractivity contribution in [3.05, 3.63) is 121 Å². The van der Waals surface area contributed by atoms with Crippen LogP contribution in [0.1, 0.15) is 226 Å². The molecule has 0 fully saturated rings. The molecule has 0 unspecified atom stereocenters. The number of carbonyl (C=O) groups excluding carboxylic acids is 3. The van der Waals surface area contributed by atoms with Crippen LogP contribution in [0.5, 0.6) is 0 Å². The summed E-state index contributed by atoms with van der Waals surface area (Å²) in [5.74, 6) is -1.39. The fourth-order valence-electron chi connectivity index (χ4n) is 7.14. The van der Waals surface area contributed by atoms with Gasteiger partial charge in [0.1, 0.15) is 13.2 Å². The first-order valence-corrected chi connectivity index (χ1v) is 27.4. The van der Waals surface area contributed by atoms with Crippen LogP contribution in [0.4, 0.5) is 0 Å². The van der Waals surface area contributed by atoms with Gasteiger partial charge in [-0.05, 0) is 102 Å². The van der Waals surface area contributed by atoms with Gasteiger partial charge in [-0.15, -0.1) is 0 Å². The first kappa shape index (κ1) is 64.6. The highest BCUT2D eigenvalue weighted by Gasteiger charge is 2.18. The summed E-state index contributed by atoms with van der Waals surface area (Å²) in [7, 11) is 0. The number of hydrogen-bond acceptors (Lipinski definition) is 8. The van der Waals surface area contributed by atoms with E-state index in [1.165, 1.54) is 108 Å². The van der Waals surface area contributed by atoms with Gasteiger partial charge in [-0.2, -0.15) is 0 Å². The predicted octanol–water partition coefficient (Wildman–Crippen LogP) is 17.9. The number of esters is 3. The summed E-state index contributed by atoms with van der Waals surface area (Å²) in [5.41, 5.74) is 0. The van der Waals surface area contributed by atoms with Crippen molar-refractivity contribution in [3.63, 3.8) is 0 Å². The predicted molar refractivity (Wildman–Crippen MR) is 291 cm³/mol. The lowest BCUT2D eigenvalue weighted by atomic mass is 10.1. The monoisotopic (exact) mass is 959 g/mol. The molecule has 8 nitrogen and oxygen atoms in total. The minimum atomic E-state index is -0.977. The van der Waals surface area contributed by atoms with Gasteiger partial charge in [0.15, 0.2) is 11.9 Å². The minimum Gasteiger partial charge on any atom is -0.462 e. The van der Waals surface area contributed by atoms with Crippen molar-refractivity contribution >= 4 is 17.9 Å². The SMILES string of the molecule is CCCCC/C=C\C/C=C\CCCCCCCC(=O)OCC(COC(=O)CCCCCCC/C=C\C/C=C\CCCCC)OC(=O)C=CC=C(C=CC=CC=CC=CCCCCCCCCC)OO. The third kappa shape index (κ3) is 51.3. The number of allylic oxidation sites excluding steroid dienone is 18. The van der Waals surface area contributed by atoms with Crippen molar-refractivity contribution < 1.29 is 38.7 Å². The number of ether oxygens (including phenoxy) is 3. The Balaban J connectivity index is 4.87. The van der Waals surface area contributed by atoms with Crippen LogP contribution in [-0.4, -0.2) is 42.5 Å². The third-order valence-corrected chi connectivity index (χ3v) is 11.3. The van der Waals surface area contributed by atoms with Crippen LogP contribution in [0.25, 0.3) is 0 Å². The molecule has 0 bridgehead atoms. The fraction of sp³-hybridized carbons (Fsp3) is 0.623. The van der Waals surface area contributed by atoms with Crippen LogP contribution in [0.15, 0.2) is 121 Å². The van der Waals surface area contributed by atoms with Crippen LogP contribution in [0, 0.1) is 0 Å². The van der Waals surface area contributed by atoms with Crippen LogP contribution >= 0.6 is 0 Å². The molecular formula is C61H98O8. The molecule has 1 N–H and O–H groups in total. The molecule has 0 rings (SSSR count). The molecule has 0 atom stereocenters. The molecule has 390 valence electrons. The maximum Gasteiger partial charge on any atom is 0.331 e. The van der Waals surface area contributed by atoms with Crippen molar-refractivity contribution in [2.75, 3.05) is 13.2 Å². The summed E-state index contributed by atoms with van der Waals surface area (Å²) in [5, 5.41) is 9.34. The molecule has 0 aromatic carbocycles. The van der Waals surface area contributed by atoms with E-state index in [2.05, 4.69) is 80.3 Å². The van der Waals surface area contributed by atoms with Crippen molar-refractivity contribution in [1.82, 2.24) is 0 Å². The summed E-state index contributed by atoms with van der Waals surface area (Å²) in [4.78, 5) is 42.5. The minimum absolute atomic E-state index is 0.100. The smallest absolute Gasteiger partial charge is 0.331 e. The molecule has 0 aliphatic rings. The molecule has 0 amide bonds. The second-order valence-electron chi connectivity index (χ2n) is 17.9. The van der Waals surface area contributed by atoms with Gasteiger partial charge in [-0.1, -0.05) is 221 Å². The average molecular weight is 959 g/mol. The van der Waals surface area contributed by atoms with E-state index in [4.69, 9.17) is 14.2 Å². The van der Waals surface area contributed by atoms with Gasteiger partial charge in [0, 0.05) is 18.9 Å². The summed E-state index contributed by atoms with van der Waals surface area (Å²) in [6, 6.07) is 0. The standard InChI is InChI=1S/C61H98O8/c1-4-7-10-13-16-19-22-25-28-31-34-37-40-43-46-50-57(69-65)51-49-54-61(64)68-58(55-66-59(62)52-47-44-41-38-35-32-29-26-23-20-17-14-11-8-5-2)56-67-60(63)53-48-45-42-39-36-33-30-27-24-21-18-15-12-9-6-3/h17-18,20-21,26-31,34,37,40,43,46,49-51,54,58,65H,4-16,19,22-25,32-33,35-36,38-39,41-42,44-45,47-48,52-53,55-56H2,1-3H3/b20-17-,21-18-,29-26-,30-27-,31-28?,37-34?,43-40?,50-46?,54-49?,57-51?. The van der Waals surface area contributed by atoms with Gasteiger partial charge in [0.25, 0.3) is 0 Å². The van der Waals surface area contributed by atoms with Crippen molar-refractivity contribution in [3.8, 4) is 0 Å². The molecule has 0 aromatic heterocycles. The number of hydrogen-bond donors (Lipinski definition) is 1. The van der Waals surface area contributed by atoms with Crippen LogP contribution < -0.4 is 0 Å². The highest BCUT2D eigenvalue weighted by molar-refractivity contribution is 5.82. The zero-order valence-corrected chi connectivity index (χ0v) is 43.9. The highest BCUT2D eigenvalue weighted by atomic mass is 17.1. The molecule has 0 heterocycles. The van der Waals surface area contributed by atoms with E-state index in [1.54, 1.807) is 18.2 Å². The average Bonchev–Trinajstić information content (AvgIpc) is 3.35. The Morgan fingerprint density at radius 3 is 1.25 bits per heavy atom. The summed E-state index contributed by atoms with van der Waals surface area (Å²) in [6.07, 6.45) is 70.8. The Kier molecular flexibility index (Phi) is 51.0. The van der Waals surface area contributed by atoms with E-state index in [0.29, 0.717) is 12.8 Å². The van der Waals surface area contributed by atoms with E-state index in [9.17, 15) is 19.6 Å². The zero-order chi connectivity index (χ0) is 50.2. The van der Waals surface area contributed by atoms with E-state index in [0.717, 1.165) is 89.5 Å². The van der Waals surface area contributed by atoms with Gasteiger partial charge >= 0.3 is 17.9 Å². The topological polar surface area (TPSA) is 108 Å². The maximum absolute atomic E-state index is 12.8. The quantitative estimate of drug-likeness (QED) is 0.00739. The Hall–Kier alpha value is -4.43. The van der Waals surface area contributed by atoms with Crippen LogP contribution in [-0.2, 0) is 33.5 Å². The van der Waals surface area contributed by atoms with Crippen molar-refractivity contribution in [2.45, 2.75) is 232 Å². The Morgan fingerprint density at radius 2 is 0.783 bits per heavy atom. The van der Waals surface area contributed by atoms with E-state index in [1.807, 2.05) is 24.3 Å². The van der Waals surface area contributed by atoms with E-state index >= 15 is 0 Å². The molecule has 0 aromatic rings. The second-order valence-corrected chi connectivity index (χ2v) is 17.9. The molecular weight excluding hydrogens is 861 g/mol. The Morgan fingerprint density at radius 1 is 0.406 bits per heavy atom. The number of unbranched alkanes of at least 4 members (excludes halogenated alkanes) is 23. The molecule has 0 spiro atoms. The van der Waals surface area contributed by atoms with E-state index in [-0.39, 0.29) is 43.8 Å². The van der Waals surface area contributed by atoms with Gasteiger partial charge in [-0.25, -0.2) is 10.1 Å². The zero-order valence-electron chi connectivity index (χ0n) is 43.9. The van der Waals surface area contributed by atoms with E-state index < -0.39 is 12.1 Å². The van der Waals surface area contributed by atoms with Gasteiger partial charge in [0.05, 0.1) is 0 Å². The number of rotatable bonds is 48. The molecule has 0 radical (unpaired) electrons. The largest absolute Gasteiger partial charge is 0.462 e. The first-order valence-electron chi connectivity index (χ1n) is 27.4. The molecule has 69 heavy (non-hydrogen) atoms. The van der Waals surface area contributed by atoms with Crippen molar-refractivity contribution in [2.24, 2.45) is 0 Å². The van der Waals surface area contributed by atoms with Crippen LogP contribution in [0.2, 0.25) is 0 Å². The van der Waals surface area contributed by atoms with Crippen molar-refractivity contribution in [1.29, 1.82) is 0 Å². The summed E-state index contributed by atoms with van der Waals surface area (Å²) >= 11 is 0. The lowest BCUT2D eigenvalue weighted by Crippen LogP contribution is -2.30. The Bertz CT molecular complexity index is 1440. The summed E-state index contributed by atoms with van der Waals surface area (Å²) < 4.78 is 16.5. The van der Waals surface area contributed by atoms with Gasteiger partial charge in [-0.3, -0.25) is 9.59 Å². The molecule has 0 saturated heterocycles. The molecule has 0 saturated carbocycles. The fourth-order valence-corrected chi connectivity index (χ4v) is 7.14. The van der Waals surface area contributed by atoms with Gasteiger partial charge < -0.3 is 19.1 Å². The maximum atomic E-state index is 12.8. The molecule has 0 aliphatic heterocycles. The lowest BCUT2D eigenvalue weighted by Gasteiger charge is -2.17. The Labute approximate surface area is 421 Å². The normalized spacial score (nSPS) is 12.7. The van der Waals surface area contributed by atoms with Gasteiger partial charge in [0.2, 0.25) is 0 Å². The first-order chi connectivity index (χ1) is 34.0. The van der Waals surface area contributed by atoms with Crippen LogP contribution in [0.3, 0.4) is 0 Å². The second kappa shape index (κ2) is 54.5. The highest BCUT2D eigenvalue weighted by Crippen LogP contribution is 2.13. The summed E-state index contributed by atoms with van der Waals surface area (Å²) in [6.45, 7) is 6.24. The molecule has 8 heteroatoms. The number of carbonyl (C=O) groups is 3.